The summed E-state index contributed by atoms with van der Waals surface area (Å²) in [6, 6.07) is 13.7. The number of rotatable bonds is 6. The predicted octanol–water partition coefficient (Wildman–Crippen LogP) is 4.27. The minimum absolute atomic E-state index is 0.218. The van der Waals surface area contributed by atoms with E-state index in [2.05, 4.69) is 10.3 Å². The first-order valence-corrected chi connectivity index (χ1v) is 8.54. The molecule has 1 aromatic heterocycles. The lowest BCUT2D eigenvalue weighted by Gasteiger charge is -2.04. The average Bonchev–Trinajstić information content (AvgIpc) is 3.02. The van der Waals surface area contributed by atoms with Gasteiger partial charge >= 0.3 is 0 Å². The standard InChI is InChI=1S/C19H17FN2O2S/c1-24-12-14-5-2-6-15(8-14)18(23)22-19-21-11-17(25-19)10-13-4-3-7-16(20)9-13/h2-9,11H,10,12H2,1H3,(H,21,22,23). The predicted molar refractivity (Wildman–Crippen MR) is 96.4 cm³/mol. The molecule has 0 unspecified atom stereocenters. The summed E-state index contributed by atoms with van der Waals surface area (Å²) in [6.07, 6.45) is 2.28. The van der Waals surface area contributed by atoms with Crippen molar-refractivity contribution in [1.82, 2.24) is 4.98 Å². The van der Waals surface area contributed by atoms with E-state index in [1.165, 1.54) is 23.5 Å². The highest BCUT2D eigenvalue weighted by Gasteiger charge is 2.10. The molecule has 0 fully saturated rings. The Kier molecular flexibility index (Phi) is 5.53. The highest BCUT2D eigenvalue weighted by molar-refractivity contribution is 7.15. The summed E-state index contributed by atoms with van der Waals surface area (Å²) < 4.78 is 18.3. The first kappa shape index (κ1) is 17.3. The van der Waals surface area contributed by atoms with Crippen molar-refractivity contribution < 1.29 is 13.9 Å². The smallest absolute Gasteiger partial charge is 0.257 e. The lowest BCUT2D eigenvalue weighted by atomic mass is 10.1. The summed E-state index contributed by atoms with van der Waals surface area (Å²) in [4.78, 5) is 17.5. The number of nitrogens with zero attached hydrogens (tertiary/aromatic N) is 1. The molecule has 4 nitrogen and oxygen atoms in total. The van der Waals surface area contributed by atoms with E-state index in [1.807, 2.05) is 18.2 Å². The van der Waals surface area contributed by atoms with Crippen LogP contribution in [-0.4, -0.2) is 18.0 Å². The van der Waals surface area contributed by atoms with Crippen LogP contribution in [0.5, 0.6) is 0 Å². The molecule has 0 saturated carbocycles. The number of benzene rings is 2. The zero-order valence-corrected chi connectivity index (χ0v) is 14.5. The third-order valence-corrected chi connectivity index (χ3v) is 4.45. The molecule has 0 saturated heterocycles. The monoisotopic (exact) mass is 356 g/mol. The molecule has 0 aliphatic carbocycles. The van der Waals surface area contributed by atoms with Crippen molar-refractivity contribution in [3.05, 3.63) is 82.1 Å². The number of aromatic nitrogens is 1. The van der Waals surface area contributed by atoms with Crippen LogP contribution >= 0.6 is 11.3 Å². The molecule has 0 atom stereocenters. The Morgan fingerprint density at radius 2 is 2.00 bits per heavy atom. The van der Waals surface area contributed by atoms with Crippen LogP contribution in [0.3, 0.4) is 0 Å². The Morgan fingerprint density at radius 1 is 1.20 bits per heavy atom. The van der Waals surface area contributed by atoms with Crippen molar-refractivity contribution in [1.29, 1.82) is 0 Å². The number of carbonyl (C=O) groups is 1. The minimum atomic E-state index is -0.258. The minimum Gasteiger partial charge on any atom is -0.380 e. The van der Waals surface area contributed by atoms with Crippen molar-refractivity contribution in [2.75, 3.05) is 12.4 Å². The maximum Gasteiger partial charge on any atom is 0.257 e. The SMILES string of the molecule is COCc1cccc(C(=O)Nc2ncc(Cc3cccc(F)c3)s2)c1. The number of halogens is 1. The van der Waals surface area contributed by atoms with Crippen molar-refractivity contribution in [3.8, 4) is 0 Å². The highest BCUT2D eigenvalue weighted by atomic mass is 32.1. The van der Waals surface area contributed by atoms with E-state index in [9.17, 15) is 9.18 Å². The molecule has 0 bridgehead atoms. The number of methoxy groups -OCH3 is 1. The van der Waals surface area contributed by atoms with Crippen LogP contribution in [0.15, 0.2) is 54.7 Å². The normalized spacial score (nSPS) is 10.6. The molecule has 3 rings (SSSR count). The molecule has 0 radical (unpaired) electrons. The van der Waals surface area contributed by atoms with E-state index in [0.717, 1.165) is 16.0 Å². The first-order valence-electron chi connectivity index (χ1n) is 7.72. The van der Waals surface area contributed by atoms with Gasteiger partial charge in [-0.05, 0) is 35.4 Å². The van der Waals surface area contributed by atoms with Gasteiger partial charge in [-0.15, -0.1) is 11.3 Å². The summed E-state index contributed by atoms with van der Waals surface area (Å²) in [6.45, 7) is 0.455. The van der Waals surface area contributed by atoms with Crippen LogP contribution in [0.1, 0.15) is 26.4 Å². The number of ether oxygens (including phenoxy) is 1. The molecule has 0 spiro atoms. The number of amides is 1. The number of anilines is 1. The molecule has 128 valence electrons. The van der Waals surface area contributed by atoms with E-state index in [0.29, 0.717) is 23.7 Å². The number of hydrogen-bond acceptors (Lipinski definition) is 4. The molecule has 1 heterocycles. The largest absolute Gasteiger partial charge is 0.380 e. The van der Waals surface area contributed by atoms with Gasteiger partial charge in [-0.1, -0.05) is 24.3 Å². The highest BCUT2D eigenvalue weighted by Crippen LogP contribution is 2.22. The van der Waals surface area contributed by atoms with Crippen LogP contribution in [0, 0.1) is 5.82 Å². The van der Waals surface area contributed by atoms with Crippen LogP contribution in [0.2, 0.25) is 0 Å². The number of carbonyl (C=O) groups excluding carboxylic acids is 1. The second-order valence-electron chi connectivity index (χ2n) is 5.53. The molecule has 25 heavy (non-hydrogen) atoms. The fraction of sp³-hybridized carbons (Fsp3) is 0.158. The van der Waals surface area contributed by atoms with Crippen LogP contribution in [-0.2, 0) is 17.8 Å². The van der Waals surface area contributed by atoms with Crippen LogP contribution < -0.4 is 5.32 Å². The second kappa shape index (κ2) is 8.00. The Balaban J connectivity index is 1.66. The van der Waals surface area contributed by atoms with Gasteiger partial charge in [0.1, 0.15) is 5.82 Å². The molecule has 6 heteroatoms. The van der Waals surface area contributed by atoms with Crippen LogP contribution in [0.25, 0.3) is 0 Å². The quantitative estimate of drug-likeness (QED) is 0.717. The van der Waals surface area contributed by atoms with Crippen molar-refractivity contribution in [2.45, 2.75) is 13.0 Å². The summed E-state index contributed by atoms with van der Waals surface area (Å²) in [7, 11) is 1.61. The molecular weight excluding hydrogens is 339 g/mol. The van der Waals surface area contributed by atoms with E-state index in [1.54, 1.807) is 31.5 Å². The summed E-state index contributed by atoms with van der Waals surface area (Å²) in [5.74, 6) is -0.476. The number of nitrogens with one attached hydrogen (secondary N) is 1. The van der Waals surface area contributed by atoms with Gasteiger partial charge in [0.15, 0.2) is 5.13 Å². The summed E-state index contributed by atoms with van der Waals surface area (Å²) in [5.41, 5.74) is 2.35. The van der Waals surface area contributed by atoms with Crippen molar-refractivity contribution >= 4 is 22.4 Å². The van der Waals surface area contributed by atoms with Crippen molar-refractivity contribution in [2.24, 2.45) is 0 Å². The van der Waals surface area contributed by atoms with Crippen LogP contribution in [0.4, 0.5) is 9.52 Å². The Bertz CT molecular complexity index is 879. The molecule has 0 aliphatic heterocycles. The molecular formula is C19H17FN2O2S. The average molecular weight is 356 g/mol. The summed E-state index contributed by atoms with van der Waals surface area (Å²) in [5, 5.41) is 3.32. The first-order chi connectivity index (χ1) is 12.1. The second-order valence-corrected chi connectivity index (χ2v) is 6.64. The molecule has 3 aromatic rings. The van der Waals surface area contributed by atoms with Gasteiger partial charge in [0.25, 0.3) is 5.91 Å². The van der Waals surface area contributed by atoms with E-state index in [4.69, 9.17) is 4.74 Å². The van der Waals surface area contributed by atoms with Gasteiger partial charge < -0.3 is 4.74 Å². The third kappa shape index (κ3) is 4.71. The van der Waals surface area contributed by atoms with E-state index < -0.39 is 0 Å². The fourth-order valence-corrected chi connectivity index (χ4v) is 3.28. The van der Waals surface area contributed by atoms with Gasteiger partial charge in [-0.3, -0.25) is 10.1 Å². The molecule has 1 amide bonds. The molecule has 2 aromatic carbocycles. The zero-order chi connectivity index (χ0) is 17.6. The number of hydrogen-bond donors (Lipinski definition) is 1. The van der Waals surface area contributed by atoms with Gasteiger partial charge in [0.2, 0.25) is 0 Å². The zero-order valence-electron chi connectivity index (χ0n) is 13.7. The lowest BCUT2D eigenvalue weighted by molar-refractivity contribution is 0.102. The van der Waals surface area contributed by atoms with E-state index in [-0.39, 0.29) is 11.7 Å². The van der Waals surface area contributed by atoms with E-state index >= 15 is 0 Å². The maximum atomic E-state index is 13.2. The van der Waals surface area contributed by atoms with Gasteiger partial charge in [-0.2, -0.15) is 0 Å². The number of thiazole rings is 1. The van der Waals surface area contributed by atoms with Gasteiger partial charge in [-0.25, -0.2) is 9.37 Å². The topological polar surface area (TPSA) is 51.2 Å². The summed E-state index contributed by atoms with van der Waals surface area (Å²) >= 11 is 1.38. The third-order valence-electron chi connectivity index (χ3n) is 3.54. The molecule has 1 N–H and O–H groups in total. The Morgan fingerprint density at radius 3 is 2.80 bits per heavy atom. The Labute approximate surface area is 149 Å². The molecule has 0 aliphatic rings. The maximum absolute atomic E-state index is 13.2. The van der Waals surface area contributed by atoms with Gasteiger partial charge in [0, 0.05) is 30.2 Å². The van der Waals surface area contributed by atoms with Gasteiger partial charge in [0.05, 0.1) is 6.61 Å². The van der Waals surface area contributed by atoms with Crippen molar-refractivity contribution in [3.63, 3.8) is 0 Å². The Hall–Kier alpha value is -2.57. The lowest BCUT2D eigenvalue weighted by Crippen LogP contribution is -2.11. The fourth-order valence-electron chi connectivity index (χ4n) is 2.43.